The molecule has 1 unspecified atom stereocenters. The summed E-state index contributed by atoms with van der Waals surface area (Å²) in [6, 6.07) is 0.375. The van der Waals surface area contributed by atoms with Gasteiger partial charge in [-0.05, 0) is 51.0 Å². The number of carbonyl (C=O) groups excluding carboxylic acids is 1. The van der Waals surface area contributed by atoms with Crippen LogP contribution in [0.15, 0.2) is 11.4 Å². The summed E-state index contributed by atoms with van der Waals surface area (Å²) >= 11 is 3.40. The van der Waals surface area contributed by atoms with Crippen molar-refractivity contribution in [3.63, 3.8) is 0 Å². The van der Waals surface area contributed by atoms with Crippen molar-refractivity contribution in [2.45, 2.75) is 74.6 Å². The van der Waals surface area contributed by atoms with Gasteiger partial charge in [0.25, 0.3) is 0 Å². The Morgan fingerprint density at radius 1 is 1.25 bits per heavy atom. The van der Waals surface area contributed by atoms with E-state index in [4.69, 9.17) is 0 Å². The van der Waals surface area contributed by atoms with Crippen molar-refractivity contribution in [1.29, 1.82) is 0 Å². The molecule has 1 amide bonds. The lowest BCUT2D eigenvalue weighted by Gasteiger charge is -2.17. The molecule has 1 fully saturated rings. The number of aromatic nitrogens is 2. The molecule has 6 heteroatoms. The van der Waals surface area contributed by atoms with E-state index in [1.165, 1.54) is 41.5 Å². The first-order valence-electron chi connectivity index (χ1n) is 8.94. The maximum absolute atomic E-state index is 12.5. The van der Waals surface area contributed by atoms with Gasteiger partial charge in [0.05, 0.1) is 5.25 Å². The molecule has 0 radical (unpaired) electrons. The molecule has 0 spiro atoms. The molecule has 2 aliphatic carbocycles. The molecule has 0 bridgehead atoms. The summed E-state index contributed by atoms with van der Waals surface area (Å²) in [6.45, 7) is 1.99. The second-order valence-corrected chi connectivity index (χ2v) is 9.23. The highest BCUT2D eigenvalue weighted by atomic mass is 32.2. The van der Waals surface area contributed by atoms with Crippen LogP contribution in [0.4, 0.5) is 0 Å². The zero-order chi connectivity index (χ0) is 16.5. The summed E-state index contributed by atoms with van der Waals surface area (Å²) in [5.41, 5.74) is 1.44. The molecule has 1 atom stereocenters. The molecule has 2 heterocycles. The lowest BCUT2D eigenvalue weighted by Crippen LogP contribution is -2.37. The average molecular weight is 362 g/mol. The van der Waals surface area contributed by atoms with Crippen molar-refractivity contribution in [3.8, 4) is 0 Å². The molecule has 24 heavy (non-hydrogen) atoms. The lowest BCUT2D eigenvalue weighted by molar-refractivity contribution is -0.120. The molecular formula is C18H23N3OS2. The highest BCUT2D eigenvalue weighted by molar-refractivity contribution is 8.00. The Hall–Kier alpha value is -1.14. The average Bonchev–Trinajstić information content (AvgIpc) is 3.22. The van der Waals surface area contributed by atoms with Gasteiger partial charge in [0.1, 0.15) is 16.2 Å². The Balaban J connectivity index is 1.55. The minimum absolute atomic E-state index is 0.122. The molecular weight excluding hydrogens is 338 g/mol. The Morgan fingerprint density at radius 2 is 2.04 bits per heavy atom. The monoisotopic (exact) mass is 361 g/mol. The summed E-state index contributed by atoms with van der Waals surface area (Å²) < 4.78 is 0. The van der Waals surface area contributed by atoms with Gasteiger partial charge in [-0.25, -0.2) is 9.97 Å². The molecule has 4 nitrogen and oxygen atoms in total. The fourth-order valence-corrected chi connectivity index (χ4v) is 6.01. The number of amides is 1. The van der Waals surface area contributed by atoms with E-state index in [1.54, 1.807) is 18.1 Å². The molecule has 0 saturated heterocycles. The lowest BCUT2D eigenvalue weighted by atomic mass is 9.97. The van der Waals surface area contributed by atoms with Gasteiger partial charge in [0.15, 0.2) is 0 Å². The van der Waals surface area contributed by atoms with Gasteiger partial charge in [-0.1, -0.05) is 24.6 Å². The second-order valence-electron chi connectivity index (χ2n) is 6.82. The first-order chi connectivity index (χ1) is 11.7. The third-order valence-electron chi connectivity index (χ3n) is 5.08. The van der Waals surface area contributed by atoms with Crippen LogP contribution in [0.2, 0.25) is 0 Å². The van der Waals surface area contributed by atoms with Crippen LogP contribution in [0.5, 0.6) is 0 Å². The Morgan fingerprint density at radius 3 is 2.88 bits per heavy atom. The van der Waals surface area contributed by atoms with Crippen LogP contribution >= 0.6 is 23.1 Å². The highest BCUT2D eigenvalue weighted by Crippen LogP contribution is 2.40. The molecule has 2 aromatic rings. The number of thiophene rings is 1. The van der Waals surface area contributed by atoms with E-state index in [0.29, 0.717) is 6.04 Å². The summed E-state index contributed by atoms with van der Waals surface area (Å²) in [5, 5.41) is 5.27. The minimum atomic E-state index is -0.122. The summed E-state index contributed by atoms with van der Waals surface area (Å²) in [7, 11) is 0. The van der Waals surface area contributed by atoms with Crippen LogP contribution in [0.1, 0.15) is 55.9 Å². The number of aryl methyl sites for hydroxylation is 2. The molecule has 0 aromatic carbocycles. The van der Waals surface area contributed by atoms with Gasteiger partial charge in [0, 0.05) is 16.3 Å². The number of hydrogen-bond donors (Lipinski definition) is 1. The first-order valence-corrected chi connectivity index (χ1v) is 10.6. The van der Waals surface area contributed by atoms with Crippen LogP contribution in [0.25, 0.3) is 10.2 Å². The maximum Gasteiger partial charge on any atom is 0.233 e. The zero-order valence-corrected chi connectivity index (χ0v) is 15.6. The van der Waals surface area contributed by atoms with E-state index >= 15 is 0 Å². The first kappa shape index (κ1) is 16.3. The number of nitrogens with one attached hydrogen (secondary N) is 1. The molecule has 128 valence electrons. The van der Waals surface area contributed by atoms with E-state index in [2.05, 4.69) is 15.3 Å². The van der Waals surface area contributed by atoms with Crippen molar-refractivity contribution < 1.29 is 4.79 Å². The predicted molar refractivity (Wildman–Crippen MR) is 99.8 cm³/mol. The second kappa shape index (κ2) is 7.00. The van der Waals surface area contributed by atoms with Crippen molar-refractivity contribution in [1.82, 2.24) is 15.3 Å². The summed E-state index contributed by atoms with van der Waals surface area (Å²) in [4.78, 5) is 24.0. The largest absolute Gasteiger partial charge is 0.352 e. The summed E-state index contributed by atoms with van der Waals surface area (Å²) in [5.74, 6) is 0.141. The maximum atomic E-state index is 12.5. The minimum Gasteiger partial charge on any atom is -0.352 e. The van der Waals surface area contributed by atoms with Gasteiger partial charge >= 0.3 is 0 Å². The Labute approximate surface area is 150 Å². The summed E-state index contributed by atoms with van der Waals surface area (Å²) in [6.07, 6.45) is 11.2. The standard InChI is InChI=1S/C18H23N3OS2/c1-11(16(22)21-12-6-2-3-7-12)23-17-15-13-8-4-5-9-14(13)24-18(15)20-10-19-17/h10-12H,2-9H2,1H3,(H,21,22). The number of rotatable bonds is 4. The van der Waals surface area contributed by atoms with Gasteiger partial charge < -0.3 is 5.32 Å². The fraction of sp³-hybridized carbons (Fsp3) is 0.611. The number of thioether (sulfide) groups is 1. The number of nitrogens with zero attached hydrogens (tertiary/aromatic N) is 2. The quantitative estimate of drug-likeness (QED) is 0.658. The van der Waals surface area contributed by atoms with E-state index in [9.17, 15) is 4.79 Å². The van der Waals surface area contributed by atoms with Gasteiger partial charge in [-0.15, -0.1) is 11.3 Å². The number of hydrogen-bond acceptors (Lipinski definition) is 5. The van der Waals surface area contributed by atoms with E-state index in [0.717, 1.165) is 35.5 Å². The normalized spacial score (nSPS) is 19.4. The van der Waals surface area contributed by atoms with E-state index in [1.807, 2.05) is 18.3 Å². The van der Waals surface area contributed by atoms with E-state index < -0.39 is 0 Å². The molecule has 2 aliphatic rings. The third-order valence-corrected chi connectivity index (χ3v) is 7.38. The SMILES string of the molecule is CC(Sc1ncnc2sc3c(c12)CCCC3)C(=O)NC1CCCC1. The van der Waals surface area contributed by atoms with E-state index in [-0.39, 0.29) is 11.2 Å². The van der Waals surface area contributed by atoms with Crippen LogP contribution in [0, 0.1) is 0 Å². The fourth-order valence-electron chi connectivity index (χ4n) is 3.76. The molecule has 1 saturated carbocycles. The van der Waals surface area contributed by atoms with Crippen molar-refractivity contribution in [2.24, 2.45) is 0 Å². The Bertz CT molecular complexity index is 752. The molecule has 2 aromatic heterocycles. The van der Waals surface area contributed by atoms with Crippen LogP contribution in [0.3, 0.4) is 0 Å². The van der Waals surface area contributed by atoms with Crippen LogP contribution in [-0.2, 0) is 17.6 Å². The highest BCUT2D eigenvalue weighted by Gasteiger charge is 2.24. The van der Waals surface area contributed by atoms with Crippen molar-refractivity contribution >= 4 is 39.2 Å². The van der Waals surface area contributed by atoms with Gasteiger partial charge in [-0.3, -0.25) is 4.79 Å². The van der Waals surface area contributed by atoms with Crippen LogP contribution in [-0.4, -0.2) is 27.2 Å². The van der Waals surface area contributed by atoms with Crippen molar-refractivity contribution in [2.75, 3.05) is 0 Å². The van der Waals surface area contributed by atoms with Gasteiger partial charge in [-0.2, -0.15) is 0 Å². The number of fused-ring (bicyclic) bond motifs is 3. The molecule has 0 aliphatic heterocycles. The van der Waals surface area contributed by atoms with Gasteiger partial charge in [0.2, 0.25) is 5.91 Å². The topological polar surface area (TPSA) is 54.9 Å². The van der Waals surface area contributed by atoms with Crippen LogP contribution < -0.4 is 5.32 Å². The predicted octanol–water partition coefficient (Wildman–Crippen LogP) is 4.11. The zero-order valence-electron chi connectivity index (χ0n) is 14.0. The van der Waals surface area contributed by atoms with Crippen molar-refractivity contribution in [3.05, 3.63) is 16.8 Å². The Kier molecular flexibility index (Phi) is 4.77. The molecule has 1 N–H and O–H groups in total. The smallest absolute Gasteiger partial charge is 0.233 e. The molecule has 4 rings (SSSR count). The number of carbonyl (C=O) groups is 1. The third kappa shape index (κ3) is 3.18.